The number of amidine groups is 1. The molecule has 0 radical (unpaired) electrons. The smallest absolute Gasteiger partial charge is 0.145 e. The van der Waals surface area contributed by atoms with Crippen LogP contribution in [0.2, 0.25) is 0 Å². The minimum Gasteiger partial charge on any atom is -0.359 e. The lowest BCUT2D eigenvalue weighted by Crippen LogP contribution is -2.27. The van der Waals surface area contributed by atoms with Gasteiger partial charge in [-0.1, -0.05) is 0 Å². The molecule has 1 aliphatic rings. The molecule has 0 N–H and O–H groups in total. The van der Waals surface area contributed by atoms with Crippen molar-refractivity contribution in [2.45, 2.75) is 6.92 Å². The van der Waals surface area contributed by atoms with Crippen molar-refractivity contribution in [3.63, 3.8) is 0 Å². The molecule has 1 aliphatic heterocycles. The molecule has 0 spiro atoms. The van der Waals surface area contributed by atoms with Gasteiger partial charge in [0.05, 0.1) is 0 Å². The molecule has 4 heteroatoms. The van der Waals surface area contributed by atoms with Gasteiger partial charge in [-0.3, -0.25) is 4.57 Å². The Morgan fingerprint density at radius 2 is 2.18 bits per heavy atom. The van der Waals surface area contributed by atoms with Crippen LogP contribution in [-0.2, 0) is 0 Å². The van der Waals surface area contributed by atoms with E-state index >= 15 is 0 Å². The average molecular weight is 226 g/mol. The predicted molar refractivity (Wildman–Crippen MR) is 69.7 cm³/mol. The minimum atomic E-state index is 0.886. The van der Waals surface area contributed by atoms with E-state index in [9.17, 15) is 0 Å². The molecule has 0 aliphatic carbocycles. The van der Waals surface area contributed by atoms with Gasteiger partial charge in [0.25, 0.3) is 0 Å². The van der Waals surface area contributed by atoms with Crippen LogP contribution >= 0.6 is 0 Å². The minimum absolute atomic E-state index is 0.886. The van der Waals surface area contributed by atoms with Crippen LogP contribution in [0.4, 0.5) is 0 Å². The van der Waals surface area contributed by atoms with Crippen LogP contribution in [-0.4, -0.2) is 33.9 Å². The maximum absolute atomic E-state index is 4.58. The number of aromatic nitrogens is 2. The zero-order valence-corrected chi connectivity index (χ0v) is 9.96. The first-order valence-electron chi connectivity index (χ1n) is 5.65. The van der Waals surface area contributed by atoms with Gasteiger partial charge >= 0.3 is 0 Å². The lowest BCUT2D eigenvalue weighted by molar-refractivity contribution is 0.552. The quantitative estimate of drug-likeness (QED) is 0.747. The van der Waals surface area contributed by atoms with Gasteiger partial charge in [-0.2, -0.15) is 0 Å². The Morgan fingerprint density at radius 3 is 3.00 bits per heavy atom. The molecule has 0 unspecified atom stereocenters. The van der Waals surface area contributed by atoms with E-state index in [-0.39, 0.29) is 0 Å². The molecular weight excluding hydrogens is 212 g/mol. The Labute approximate surface area is 99.9 Å². The van der Waals surface area contributed by atoms with Crippen LogP contribution in [0.3, 0.4) is 0 Å². The van der Waals surface area contributed by atoms with Crippen LogP contribution in [0.15, 0.2) is 41.7 Å². The van der Waals surface area contributed by atoms with Crippen molar-refractivity contribution in [2.75, 3.05) is 13.6 Å². The summed E-state index contributed by atoms with van der Waals surface area (Å²) < 4.78 is 2.03. The van der Waals surface area contributed by atoms with Crippen molar-refractivity contribution in [3.05, 3.63) is 36.7 Å². The summed E-state index contributed by atoms with van der Waals surface area (Å²) in [6, 6.07) is 6.07. The summed E-state index contributed by atoms with van der Waals surface area (Å²) in [7, 11) is 2.04. The number of hydrogen-bond acceptors (Lipinski definition) is 3. The summed E-state index contributed by atoms with van der Waals surface area (Å²) in [6.45, 7) is 2.91. The summed E-state index contributed by atoms with van der Waals surface area (Å²) in [5, 5.41) is 1.14. The molecule has 2 aromatic rings. The number of pyridine rings is 1. The maximum Gasteiger partial charge on any atom is 0.145 e. The number of hydrogen-bond donors (Lipinski definition) is 0. The number of nitrogens with zero attached hydrogens (tertiary/aromatic N) is 4. The fourth-order valence-electron chi connectivity index (χ4n) is 1.95. The van der Waals surface area contributed by atoms with Crippen molar-refractivity contribution < 1.29 is 0 Å². The Bertz CT molecular complexity index is 621. The Kier molecular flexibility index (Phi) is 2.21. The van der Waals surface area contributed by atoms with Crippen molar-refractivity contribution in [1.29, 1.82) is 0 Å². The molecule has 17 heavy (non-hydrogen) atoms. The molecule has 2 aromatic heterocycles. The van der Waals surface area contributed by atoms with E-state index < -0.39 is 0 Å². The van der Waals surface area contributed by atoms with Gasteiger partial charge in [-0.15, -0.1) is 0 Å². The second kappa shape index (κ2) is 3.73. The Morgan fingerprint density at radius 1 is 1.29 bits per heavy atom. The van der Waals surface area contributed by atoms with Crippen LogP contribution < -0.4 is 0 Å². The molecule has 0 saturated heterocycles. The number of fused-ring (bicyclic) bond motifs is 1. The third kappa shape index (κ3) is 1.62. The second-order valence-electron chi connectivity index (χ2n) is 4.20. The van der Waals surface area contributed by atoms with E-state index in [1.807, 2.05) is 37.0 Å². The molecule has 3 heterocycles. The fraction of sp³-hybridized carbons (Fsp3) is 0.231. The van der Waals surface area contributed by atoms with E-state index in [1.165, 1.54) is 0 Å². The van der Waals surface area contributed by atoms with Gasteiger partial charge in [0.2, 0.25) is 0 Å². The molecule has 0 bridgehead atoms. The zero-order chi connectivity index (χ0) is 11.8. The van der Waals surface area contributed by atoms with Gasteiger partial charge in [0.1, 0.15) is 17.3 Å². The molecule has 4 nitrogen and oxygen atoms in total. The van der Waals surface area contributed by atoms with E-state index in [1.54, 1.807) is 0 Å². The highest BCUT2D eigenvalue weighted by atomic mass is 15.2. The molecule has 0 aromatic carbocycles. The van der Waals surface area contributed by atoms with Gasteiger partial charge in [-0.05, 0) is 31.2 Å². The first kappa shape index (κ1) is 10.1. The third-order valence-corrected chi connectivity index (χ3v) is 3.07. The standard InChI is InChI=1S/C13H14N4/c1-10-15-12(6-8-16(10)2)17-9-5-11-4-3-7-14-13(11)17/h3-7,9H,8H2,1-2H3. The number of likely N-dealkylation sites (N-methyl/N-ethyl adjacent to an activating group) is 1. The normalized spacial score (nSPS) is 16.0. The summed E-state index contributed by atoms with van der Waals surface area (Å²) in [6.07, 6.45) is 5.94. The summed E-state index contributed by atoms with van der Waals surface area (Å²) >= 11 is 0. The van der Waals surface area contributed by atoms with E-state index in [0.29, 0.717) is 0 Å². The summed E-state index contributed by atoms with van der Waals surface area (Å²) in [5.41, 5.74) is 0.958. The lowest BCUT2D eigenvalue weighted by Gasteiger charge is -2.22. The van der Waals surface area contributed by atoms with Crippen LogP contribution in [0, 0.1) is 0 Å². The monoisotopic (exact) mass is 226 g/mol. The first-order chi connectivity index (χ1) is 8.25. The fourth-order valence-corrected chi connectivity index (χ4v) is 1.95. The van der Waals surface area contributed by atoms with E-state index in [4.69, 9.17) is 0 Å². The van der Waals surface area contributed by atoms with Crippen molar-refractivity contribution in [1.82, 2.24) is 14.5 Å². The van der Waals surface area contributed by atoms with E-state index in [0.717, 1.165) is 29.2 Å². The molecule has 3 rings (SSSR count). The molecule has 86 valence electrons. The van der Waals surface area contributed by atoms with Crippen molar-refractivity contribution in [3.8, 4) is 0 Å². The lowest BCUT2D eigenvalue weighted by atomic mass is 10.3. The molecule has 0 fully saturated rings. The maximum atomic E-state index is 4.58. The zero-order valence-electron chi connectivity index (χ0n) is 9.96. The van der Waals surface area contributed by atoms with E-state index in [2.05, 4.69) is 33.1 Å². The van der Waals surface area contributed by atoms with Crippen LogP contribution in [0.1, 0.15) is 6.92 Å². The molecular formula is C13H14N4. The highest BCUT2D eigenvalue weighted by Crippen LogP contribution is 2.20. The van der Waals surface area contributed by atoms with Crippen LogP contribution in [0.5, 0.6) is 0 Å². The van der Waals surface area contributed by atoms with Crippen molar-refractivity contribution >= 4 is 22.7 Å². The highest BCUT2D eigenvalue weighted by Gasteiger charge is 2.11. The number of aliphatic imine (C=N–C) groups is 1. The van der Waals surface area contributed by atoms with Gasteiger partial charge in [-0.25, -0.2) is 9.98 Å². The first-order valence-corrected chi connectivity index (χ1v) is 5.65. The Balaban J connectivity index is 2.11. The average Bonchev–Trinajstić information content (AvgIpc) is 2.76. The molecule has 0 saturated carbocycles. The summed E-state index contributed by atoms with van der Waals surface area (Å²) in [5.74, 6) is 1.98. The van der Waals surface area contributed by atoms with Crippen LogP contribution in [0.25, 0.3) is 16.9 Å². The SMILES string of the molecule is CC1=NC(n2ccc3cccnc32)=CCN1C. The highest BCUT2D eigenvalue weighted by molar-refractivity contribution is 5.87. The second-order valence-corrected chi connectivity index (χ2v) is 4.20. The molecule has 0 atom stereocenters. The topological polar surface area (TPSA) is 33.4 Å². The number of rotatable bonds is 1. The molecule has 0 amide bonds. The van der Waals surface area contributed by atoms with Gasteiger partial charge in [0, 0.05) is 31.4 Å². The van der Waals surface area contributed by atoms with Gasteiger partial charge < -0.3 is 4.90 Å². The van der Waals surface area contributed by atoms with Crippen molar-refractivity contribution in [2.24, 2.45) is 4.99 Å². The van der Waals surface area contributed by atoms with Gasteiger partial charge in [0.15, 0.2) is 0 Å². The third-order valence-electron chi connectivity index (χ3n) is 3.07. The predicted octanol–water partition coefficient (Wildman–Crippen LogP) is 2.20. The Hall–Kier alpha value is -2.10. The largest absolute Gasteiger partial charge is 0.359 e. The summed E-state index contributed by atoms with van der Waals surface area (Å²) in [4.78, 5) is 11.1.